The minimum Gasteiger partial charge on any atom is -0.364 e. The molecule has 1 atom stereocenters. The van der Waals surface area contributed by atoms with Crippen molar-refractivity contribution in [3.8, 4) is 0 Å². The van der Waals surface area contributed by atoms with Gasteiger partial charge in [-0.05, 0) is 43.8 Å². The van der Waals surface area contributed by atoms with Crippen LogP contribution in [0.5, 0.6) is 0 Å². The molecule has 0 aromatic heterocycles. The van der Waals surface area contributed by atoms with E-state index in [2.05, 4.69) is 24.0 Å². The van der Waals surface area contributed by atoms with E-state index < -0.39 is 0 Å². The van der Waals surface area contributed by atoms with Gasteiger partial charge in [0.2, 0.25) is 0 Å². The van der Waals surface area contributed by atoms with Crippen LogP contribution < -0.4 is 5.32 Å². The van der Waals surface area contributed by atoms with Gasteiger partial charge in [0.25, 0.3) is 0 Å². The Bertz CT molecular complexity index is 342. The fraction of sp³-hybridized carbons (Fsp3) is 0.933. The van der Waals surface area contributed by atoms with Gasteiger partial charge in [-0.2, -0.15) is 11.8 Å². The first kappa shape index (κ1) is 14.1. The fourth-order valence-corrected chi connectivity index (χ4v) is 5.90. The van der Waals surface area contributed by atoms with Crippen LogP contribution in [0, 0.1) is 5.41 Å². The Balaban J connectivity index is 1.50. The summed E-state index contributed by atoms with van der Waals surface area (Å²) >= 11 is 4.11. The van der Waals surface area contributed by atoms with Crippen molar-refractivity contribution in [1.29, 1.82) is 0 Å². The second kappa shape index (κ2) is 5.88. The molecule has 2 fully saturated rings. The third kappa shape index (κ3) is 3.44. The zero-order valence-corrected chi connectivity index (χ0v) is 13.7. The molecule has 1 aliphatic carbocycles. The van der Waals surface area contributed by atoms with Crippen molar-refractivity contribution in [2.75, 3.05) is 24.6 Å². The van der Waals surface area contributed by atoms with Crippen LogP contribution in [0.3, 0.4) is 0 Å². The van der Waals surface area contributed by atoms with Crippen molar-refractivity contribution in [1.82, 2.24) is 5.32 Å². The van der Waals surface area contributed by atoms with Crippen molar-refractivity contribution < 1.29 is 0 Å². The van der Waals surface area contributed by atoms with Gasteiger partial charge < -0.3 is 5.32 Å². The average Bonchev–Trinajstić information content (AvgIpc) is 2.87. The van der Waals surface area contributed by atoms with Crippen LogP contribution in [-0.2, 0) is 0 Å². The molecule has 108 valence electrons. The maximum absolute atomic E-state index is 4.86. The summed E-state index contributed by atoms with van der Waals surface area (Å²) < 4.78 is 0.447. The molecule has 2 nitrogen and oxygen atoms in total. The van der Waals surface area contributed by atoms with Gasteiger partial charge in [0.15, 0.2) is 5.17 Å². The van der Waals surface area contributed by atoms with Crippen molar-refractivity contribution >= 4 is 28.7 Å². The summed E-state index contributed by atoms with van der Waals surface area (Å²) in [5.41, 5.74) is 0.556. The third-order valence-corrected chi connectivity index (χ3v) is 7.74. The Morgan fingerprint density at radius 2 is 2.00 bits per heavy atom. The zero-order chi connectivity index (χ0) is 13.2. The molecule has 0 aromatic rings. The zero-order valence-electron chi connectivity index (χ0n) is 12.0. The summed E-state index contributed by atoms with van der Waals surface area (Å²) in [6.45, 7) is 4.57. The molecular weight excluding hydrogens is 272 g/mol. The largest absolute Gasteiger partial charge is 0.364 e. The van der Waals surface area contributed by atoms with Crippen molar-refractivity contribution in [2.45, 2.75) is 56.6 Å². The molecule has 3 rings (SSSR count). The summed E-state index contributed by atoms with van der Waals surface area (Å²) in [6.07, 6.45) is 9.84. The van der Waals surface area contributed by atoms with Crippen LogP contribution in [0.2, 0.25) is 0 Å². The molecular formula is C15H26N2S2. The first-order chi connectivity index (χ1) is 9.20. The van der Waals surface area contributed by atoms with E-state index in [-0.39, 0.29) is 0 Å². The number of hydrogen-bond acceptors (Lipinski definition) is 4. The molecule has 3 aliphatic rings. The SMILES string of the molecule is CC1(CNC2=NCC3(CCCCC3)CS2)CCCS1. The second-order valence-corrected chi connectivity index (χ2v) is 9.37. The Labute approximate surface area is 126 Å². The van der Waals surface area contributed by atoms with E-state index in [0.29, 0.717) is 10.2 Å². The normalized spacial score (nSPS) is 34.3. The summed E-state index contributed by atoms with van der Waals surface area (Å²) in [5.74, 6) is 2.63. The summed E-state index contributed by atoms with van der Waals surface area (Å²) in [7, 11) is 0. The van der Waals surface area contributed by atoms with Crippen LogP contribution in [0.15, 0.2) is 4.99 Å². The highest BCUT2D eigenvalue weighted by atomic mass is 32.2. The lowest BCUT2D eigenvalue weighted by Crippen LogP contribution is -2.40. The molecule has 0 aromatic carbocycles. The molecule has 0 radical (unpaired) electrons. The molecule has 2 heterocycles. The topological polar surface area (TPSA) is 24.4 Å². The van der Waals surface area contributed by atoms with Crippen molar-refractivity contribution in [3.05, 3.63) is 0 Å². The van der Waals surface area contributed by atoms with E-state index in [1.807, 2.05) is 11.8 Å². The van der Waals surface area contributed by atoms with Crippen LogP contribution in [0.25, 0.3) is 0 Å². The number of rotatable bonds is 2. The predicted octanol–water partition coefficient (Wildman–Crippen LogP) is 3.92. The molecule has 4 heteroatoms. The molecule has 1 spiro atoms. The fourth-order valence-electron chi connectivity index (χ4n) is 3.50. The summed E-state index contributed by atoms with van der Waals surface area (Å²) in [5, 5.41) is 4.83. The Morgan fingerprint density at radius 1 is 1.16 bits per heavy atom. The Hall–Kier alpha value is 0.170. The molecule has 0 bridgehead atoms. The highest BCUT2D eigenvalue weighted by molar-refractivity contribution is 8.13. The molecule has 2 aliphatic heterocycles. The van der Waals surface area contributed by atoms with E-state index in [1.54, 1.807) is 0 Å². The highest BCUT2D eigenvalue weighted by Gasteiger charge is 2.35. The lowest BCUT2D eigenvalue weighted by Gasteiger charge is -2.38. The van der Waals surface area contributed by atoms with Gasteiger partial charge in [-0.25, -0.2) is 0 Å². The molecule has 1 N–H and O–H groups in total. The number of thioether (sulfide) groups is 2. The average molecular weight is 299 g/mol. The van der Waals surface area contributed by atoms with Crippen LogP contribution in [0.4, 0.5) is 0 Å². The lowest BCUT2D eigenvalue weighted by molar-refractivity contribution is 0.232. The standard InChI is InChI=1S/C15H26N2S2/c1-14(6-5-9-19-14)10-16-13-17-11-15(12-18-13)7-3-2-4-8-15/h2-12H2,1H3,(H,16,17). The maximum Gasteiger partial charge on any atom is 0.156 e. The van der Waals surface area contributed by atoms with Crippen LogP contribution in [-0.4, -0.2) is 34.5 Å². The monoisotopic (exact) mass is 298 g/mol. The number of hydrogen-bond donors (Lipinski definition) is 1. The first-order valence-corrected chi connectivity index (χ1v) is 9.72. The van der Waals surface area contributed by atoms with E-state index >= 15 is 0 Å². The lowest BCUT2D eigenvalue weighted by atomic mass is 9.75. The summed E-state index contributed by atoms with van der Waals surface area (Å²) in [6, 6.07) is 0. The number of amidine groups is 1. The minimum absolute atomic E-state index is 0.447. The third-order valence-electron chi connectivity index (χ3n) is 4.90. The van der Waals surface area contributed by atoms with Crippen LogP contribution >= 0.6 is 23.5 Å². The van der Waals surface area contributed by atoms with Gasteiger partial charge in [-0.3, -0.25) is 4.99 Å². The van der Waals surface area contributed by atoms with Gasteiger partial charge >= 0.3 is 0 Å². The van der Waals surface area contributed by atoms with E-state index in [0.717, 1.165) is 13.1 Å². The first-order valence-electron chi connectivity index (χ1n) is 7.75. The molecule has 1 saturated heterocycles. The van der Waals surface area contributed by atoms with Gasteiger partial charge in [-0.15, -0.1) is 0 Å². The van der Waals surface area contributed by atoms with E-state index in [9.17, 15) is 0 Å². The molecule has 1 unspecified atom stereocenters. The van der Waals surface area contributed by atoms with Gasteiger partial charge in [-0.1, -0.05) is 31.0 Å². The Kier molecular flexibility index (Phi) is 4.37. The molecule has 19 heavy (non-hydrogen) atoms. The predicted molar refractivity (Wildman–Crippen MR) is 88.4 cm³/mol. The van der Waals surface area contributed by atoms with Gasteiger partial charge in [0.1, 0.15) is 0 Å². The quantitative estimate of drug-likeness (QED) is 0.836. The minimum atomic E-state index is 0.447. The maximum atomic E-state index is 4.86. The molecule has 1 saturated carbocycles. The van der Waals surface area contributed by atoms with Gasteiger partial charge in [0.05, 0.1) is 0 Å². The number of nitrogens with one attached hydrogen (secondary N) is 1. The van der Waals surface area contributed by atoms with E-state index in [4.69, 9.17) is 4.99 Å². The smallest absolute Gasteiger partial charge is 0.156 e. The molecule has 0 amide bonds. The Morgan fingerprint density at radius 3 is 2.63 bits per heavy atom. The summed E-state index contributed by atoms with van der Waals surface area (Å²) in [4.78, 5) is 4.86. The van der Waals surface area contributed by atoms with Crippen molar-refractivity contribution in [2.24, 2.45) is 10.4 Å². The number of aliphatic imine (C=N–C) groups is 1. The van der Waals surface area contributed by atoms with Crippen molar-refractivity contribution in [3.63, 3.8) is 0 Å². The van der Waals surface area contributed by atoms with Crippen LogP contribution in [0.1, 0.15) is 51.9 Å². The number of nitrogens with zero attached hydrogens (tertiary/aromatic N) is 1. The second-order valence-electron chi connectivity index (χ2n) is 6.73. The van der Waals surface area contributed by atoms with Gasteiger partial charge in [0, 0.05) is 23.6 Å². The van der Waals surface area contributed by atoms with E-state index in [1.165, 1.54) is 61.6 Å². The highest BCUT2D eigenvalue weighted by Crippen LogP contribution is 2.42.